The molecule has 1 fully saturated rings. The third-order valence-corrected chi connectivity index (χ3v) is 8.50. The molecule has 10 heteroatoms. The Bertz CT molecular complexity index is 1730. The van der Waals surface area contributed by atoms with E-state index in [9.17, 15) is 22.8 Å². The lowest BCUT2D eigenvalue weighted by atomic mass is 9.98. The average Bonchev–Trinajstić information content (AvgIpc) is 3.48. The molecule has 0 spiro atoms. The largest absolute Gasteiger partial charge is 0.455 e. The van der Waals surface area contributed by atoms with E-state index < -0.39 is 15.9 Å². The smallest absolute Gasteiger partial charge is 0.255 e. The van der Waals surface area contributed by atoms with E-state index in [4.69, 9.17) is 4.42 Å². The van der Waals surface area contributed by atoms with E-state index in [0.717, 1.165) is 17.4 Å². The highest BCUT2D eigenvalue weighted by Crippen LogP contribution is 2.41. The molecule has 1 aliphatic rings. The molecule has 1 saturated heterocycles. The van der Waals surface area contributed by atoms with Gasteiger partial charge < -0.3 is 15.1 Å². The minimum absolute atomic E-state index is 0.00357. The highest BCUT2D eigenvalue weighted by molar-refractivity contribution is 7.92. The van der Waals surface area contributed by atoms with Gasteiger partial charge in [0.15, 0.2) is 5.78 Å². The third kappa shape index (κ3) is 5.60. The summed E-state index contributed by atoms with van der Waals surface area (Å²) in [5.41, 5.74) is 4.21. The molecular weight excluding hydrogens is 542 g/mol. The second-order valence-corrected chi connectivity index (χ2v) is 12.1. The number of carbonyl (C=O) groups excluding carboxylic acids is 3. The molecule has 1 aliphatic heterocycles. The Kier molecular flexibility index (Phi) is 7.68. The number of ketones is 1. The fraction of sp³-hybridized carbons (Fsp3) is 0.258. The van der Waals surface area contributed by atoms with Gasteiger partial charge in [-0.15, -0.1) is 0 Å². The highest BCUT2D eigenvalue weighted by Gasteiger charge is 2.33. The lowest BCUT2D eigenvalue weighted by Gasteiger charge is -2.25. The number of nitrogens with zero attached hydrogens (tertiary/aromatic N) is 1. The summed E-state index contributed by atoms with van der Waals surface area (Å²) in [6.45, 7) is 2.02. The molecule has 2 N–H and O–H groups in total. The van der Waals surface area contributed by atoms with Crippen molar-refractivity contribution < 1.29 is 27.2 Å². The molecule has 2 amide bonds. The maximum Gasteiger partial charge on any atom is 0.255 e. The summed E-state index contributed by atoms with van der Waals surface area (Å²) in [6, 6.07) is 20.4. The molecule has 212 valence electrons. The van der Waals surface area contributed by atoms with Crippen LogP contribution in [0.4, 0.5) is 5.69 Å². The number of sulfonamides is 1. The lowest BCUT2D eigenvalue weighted by Crippen LogP contribution is -2.32. The van der Waals surface area contributed by atoms with Crippen molar-refractivity contribution in [3.05, 3.63) is 77.9 Å². The summed E-state index contributed by atoms with van der Waals surface area (Å²) in [5.74, 6) is -1.23. The van der Waals surface area contributed by atoms with E-state index in [0.29, 0.717) is 45.5 Å². The van der Waals surface area contributed by atoms with Crippen LogP contribution in [0.25, 0.3) is 33.4 Å². The number of furan rings is 1. The number of hydrogen-bond acceptors (Lipinski definition) is 6. The number of amides is 2. The monoisotopic (exact) mass is 573 g/mol. The number of carbonyl (C=O) groups is 3. The molecule has 1 unspecified atom stereocenters. The normalized spacial score (nSPS) is 15.2. The Morgan fingerprint density at radius 1 is 1.05 bits per heavy atom. The van der Waals surface area contributed by atoms with E-state index in [1.54, 1.807) is 19.2 Å². The van der Waals surface area contributed by atoms with Crippen molar-refractivity contribution in [1.29, 1.82) is 0 Å². The van der Waals surface area contributed by atoms with Gasteiger partial charge in [-0.3, -0.25) is 18.7 Å². The van der Waals surface area contributed by atoms with E-state index in [1.165, 1.54) is 4.31 Å². The Morgan fingerprint density at radius 2 is 1.76 bits per heavy atom. The molecule has 9 nitrogen and oxygen atoms in total. The standard InChI is InChI=1S/C31H31N3O6S/c1-19-11-13-21(14-12-19)29-28(31(37)32-2)24-16-23(20-8-5-4-6-9-20)25(17-27(24)40-29)34(41(3,38)39)15-7-10-22-26(35)18-33-30(22)36/h4-6,8-9,11-14,16-17,22H,7,10,15,18H2,1-3H3,(H,32,37)(H,33,36). The molecule has 3 aromatic carbocycles. The zero-order valence-electron chi connectivity index (χ0n) is 23.1. The Morgan fingerprint density at radius 3 is 2.37 bits per heavy atom. The summed E-state index contributed by atoms with van der Waals surface area (Å²) < 4.78 is 33.9. The van der Waals surface area contributed by atoms with Crippen LogP contribution in [0.15, 0.2) is 71.1 Å². The summed E-state index contributed by atoms with van der Waals surface area (Å²) in [4.78, 5) is 37.3. The van der Waals surface area contributed by atoms with Gasteiger partial charge in [0, 0.05) is 36.2 Å². The van der Waals surface area contributed by atoms with Crippen molar-refractivity contribution >= 4 is 44.3 Å². The lowest BCUT2D eigenvalue weighted by molar-refractivity contribution is -0.127. The van der Waals surface area contributed by atoms with Gasteiger partial charge in [0.2, 0.25) is 15.9 Å². The van der Waals surface area contributed by atoms with Gasteiger partial charge in [0.25, 0.3) is 5.91 Å². The van der Waals surface area contributed by atoms with Gasteiger partial charge in [-0.1, -0.05) is 60.2 Å². The average molecular weight is 574 g/mol. The van der Waals surface area contributed by atoms with Gasteiger partial charge in [0.1, 0.15) is 11.3 Å². The van der Waals surface area contributed by atoms with Gasteiger partial charge >= 0.3 is 0 Å². The van der Waals surface area contributed by atoms with Crippen LogP contribution in [-0.4, -0.2) is 52.4 Å². The second-order valence-electron chi connectivity index (χ2n) is 10.2. The van der Waals surface area contributed by atoms with Crippen molar-refractivity contribution in [1.82, 2.24) is 10.6 Å². The van der Waals surface area contributed by atoms with Crippen molar-refractivity contribution in [3.8, 4) is 22.5 Å². The number of rotatable bonds is 9. The zero-order valence-corrected chi connectivity index (χ0v) is 23.9. The van der Waals surface area contributed by atoms with Crippen LogP contribution in [0.2, 0.25) is 0 Å². The molecule has 1 atom stereocenters. The first kappa shape index (κ1) is 28.1. The molecule has 4 aromatic rings. The number of Topliss-reactive ketones (excluding diaryl/α,β-unsaturated/α-hetero) is 1. The summed E-state index contributed by atoms with van der Waals surface area (Å²) in [6.07, 6.45) is 1.65. The highest BCUT2D eigenvalue weighted by atomic mass is 32.2. The molecule has 41 heavy (non-hydrogen) atoms. The van der Waals surface area contributed by atoms with Gasteiger partial charge in [-0.25, -0.2) is 8.42 Å². The topological polar surface area (TPSA) is 126 Å². The van der Waals surface area contributed by atoms with Crippen molar-refractivity contribution in [2.24, 2.45) is 5.92 Å². The van der Waals surface area contributed by atoms with E-state index in [2.05, 4.69) is 10.6 Å². The summed E-state index contributed by atoms with van der Waals surface area (Å²) in [5, 5.41) is 5.79. The maximum absolute atomic E-state index is 13.2. The maximum atomic E-state index is 13.2. The van der Waals surface area contributed by atoms with Crippen molar-refractivity contribution in [2.45, 2.75) is 19.8 Å². The SMILES string of the molecule is CNC(=O)c1c(-c2ccc(C)cc2)oc2cc(N(CCCC3C(=O)CNC3=O)S(C)(=O)=O)c(-c3ccccc3)cc12. The fourth-order valence-electron chi connectivity index (χ4n) is 5.21. The van der Waals surface area contributed by atoms with E-state index >= 15 is 0 Å². The zero-order chi connectivity index (χ0) is 29.3. The minimum Gasteiger partial charge on any atom is -0.455 e. The van der Waals surface area contributed by atoms with Crippen LogP contribution < -0.4 is 14.9 Å². The molecule has 1 aromatic heterocycles. The predicted octanol–water partition coefficient (Wildman–Crippen LogP) is 4.30. The molecule has 0 aliphatic carbocycles. The quantitative estimate of drug-likeness (QED) is 0.288. The van der Waals surface area contributed by atoms with Crippen molar-refractivity contribution in [3.63, 3.8) is 0 Å². The number of nitrogens with one attached hydrogen (secondary N) is 2. The van der Waals surface area contributed by atoms with E-state index in [1.807, 2.05) is 61.5 Å². The molecule has 0 saturated carbocycles. The Balaban J connectivity index is 1.67. The van der Waals surface area contributed by atoms with Crippen LogP contribution >= 0.6 is 0 Å². The first-order valence-corrected chi connectivity index (χ1v) is 15.2. The van der Waals surface area contributed by atoms with Crippen LogP contribution in [0, 0.1) is 12.8 Å². The van der Waals surface area contributed by atoms with Crippen LogP contribution in [0.3, 0.4) is 0 Å². The predicted molar refractivity (Wildman–Crippen MR) is 158 cm³/mol. The number of fused-ring (bicyclic) bond motifs is 1. The number of hydrogen-bond donors (Lipinski definition) is 2. The first-order chi connectivity index (χ1) is 19.6. The number of anilines is 1. The third-order valence-electron chi connectivity index (χ3n) is 7.32. The van der Waals surface area contributed by atoms with Crippen LogP contribution in [-0.2, 0) is 19.6 Å². The molecular formula is C31H31N3O6S. The molecule has 0 radical (unpaired) electrons. The number of aryl methyl sites for hydroxylation is 1. The minimum atomic E-state index is -3.79. The number of benzene rings is 3. The Hall–Kier alpha value is -4.44. The Labute approximate surface area is 238 Å². The molecule has 5 rings (SSSR count). The summed E-state index contributed by atoms with van der Waals surface area (Å²) >= 11 is 0. The van der Waals surface area contributed by atoms with Crippen LogP contribution in [0.1, 0.15) is 28.8 Å². The van der Waals surface area contributed by atoms with Gasteiger partial charge in [-0.2, -0.15) is 0 Å². The van der Waals surface area contributed by atoms with E-state index in [-0.39, 0.29) is 37.1 Å². The van der Waals surface area contributed by atoms with Crippen molar-refractivity contribution in [2.75, 3.05) is 30.7 Å². The molecule has 2 heterocycles. The fourth-order valence-corrected chi connectivity index (χ4v) is 6.18. The van der Waals surface area contributed by atoms with Gasteiger partial charge in [0.05, 0.1) is 30.0 Å². The second kappa shape index (κ2) is 11.2. The first-order valence-electron chi connectivity index (χ1n) is 13.3. The molecule has 0 bridgehead atoms. The van der Waals surface area contributed by atoms with Crippen LogP contribution in [0.5, 0.6) is 0 Å². The van der Waals surface area contributed by atoms with Gasteiger partial charge in [-0.05, 0) is 31.4 Å². The summed E-state index contributed by atoms with van der Waals surface area (Å²) in [7, 11) is -2.25.